The maximum atomic E-state index is 11.8. The molecule has 2 rings (SSSR count). The number of aromatic nitrogens is 3. The maximum absolute atomic E-state index is 11.8. The molecule has 2 aromatic rings. The van der Waals surface area contributed by atoms with Gasteiger partial charge in [-0.2, -0.15) is 5.10 Å². The molecular weight excluding hydrogens is 216 g/mol. The van der Waals surface area contributed by atoms with Gasteiger partial charge in [0.2, 0.25) is 0 Å². The summed E-state index contributed by atoms with van der Waals surface area (Å²) in [6.45, 7) is 2.60. The van der Waals surface area contributed by atoms with E-state index in [1.807, 2.05) is 19.2 Å². The summed E-state index contributed by atoms with van der Waals surface area (Å²) in [5, 5.41) is 7.00. The molecule has 0 aliphatic carbocycles. The molecule has 0 radical (unpaired) electrons. The molecule has 5 nitrogen and oxygen atoms in total. The number of hydrogen-bond acceptors (Lipinski definition) is 3. The van der Waals surface area contributed by atoms with E-state index >= 15 is 0 Å². The van der Waals surface area contributed by atoms with Crippen LogP contribution in [0.4, 0.5) is 0 Å². The van der Waals surface area contributed by atoms with E-state index in [0.717, 1.165) is 0 Å². The van der Waals surface area contributed by atoms with E-state index in [9.17, 15) is 4.79 Å². The Morgan fingerprint density at radius 2 is 2.18 bits per heavy atom. The summed E-state index contributed by atoms with van der Waals surface area (Å²) in [4.78, 5) is 15.7. The molecule has 1 atom stereocenters. The number of carbonyl (C=O) groups excluding carboxylic acids is 1. The minimum Gasteiger partial charge on any atom is -0.348 e. The molecule has 0 saturated heterocycles. The summed E-state index contributed by atoms with van der Waals surface area (Å²) in [5.74, 6) is -0.0907. The fourth-order valence-corrected chi connectivity index (χ4v) is 1.55. The molecule has 1 N–H and O–H groups in total. The molecular formula is C12H14N4O. The number of hydrogen-bond donors (Lipinski definition) is 1. The number of nitrogens with one attached hydrogen (secondary N) is 1. The Hall–Kier alpha value is -2.17. The third-order valence-corrected chi connectivity index (χ3v) is 2.34. The molecule has 2 aromatic heterocycles. The van der Waals surface area contributed by atoms with E-state index in [-0.39, 0.29) is 11.9 Å². The van der Waals surface area contributed by atoms with Gasteiger partial charge in [-0.15, -0.1) is 0 Å². The van der Waals surface area contributed by atoms with Gasteiger partial charge >= 0.3 is 0 Å². The van der Waals surface area contributed by atoms with Gasteiger partial charge in [0.05, 0.1) is 6.54 Å². The lowest BCUT2D eigenvalue weighted by molar-refractivity contribution is 0.0936. The van der Waals surface area contributed by atoms with Crippen LogP contribution < -0.4 is 5.32 Å². The number of pyridine rings is 1. The standard InChI is InChI=1S/C12H14N4O/c1-10(9-16-8-2-5-14-16)15-12(17)11-3-6-13-7-4-11/h2-8,10H,9H2,1H3,(H,15,17)/t10-/m0/s1. The first-order valence-electron chi connectivity index (χ1n) is 5.44. The van der Waals surface area contributed by atoms with Crippen molar-refractivity contribution in [1.82, 2.24) is 20.1 Å². The van der Waals surface area contributed by atoms with Crippen molar-refractivity contribution in [2.45, 2.75) is 19.5 Å². The van der Waals surface area contributed by atoms with Crippen molar-refractivity contribution in [3.05, 3.63) is 48.5 Å². The summed E-state index contributed by atoms with van der Waals surface area (Å²) in [7, 11) is 0. The van der Waals surface area contributed by atoms with Crippen LogP contribution in [0, 0.1) is 0 Å². The Kier molecular flexibility index (Phi) is 3.49. The number of rotatable bonds is 4. The van der Waals surface area contributed by atoms with Gasteiger partial charge in [0, 0.05) is 36.4 Å². The molecule has 5 heteroatoms. The Morgan fingerprint density at radius 1 is 1.41 bits per heavy atom. The van der Waals surface area contributed by atoms with Crippen molar-refractivity contribution >= 4 is 5.91 Å². The predicted molar refractivity (Wildman–Crippen MR) is 63.4 cm³/mol. The lowest BCUT2D eigenvalue weighted by Crippen LogP contribution is -2.35. The Balaban J connectivity index is 1.91. The largest absolute Gasteiger partial charge is 0.348 e. The van der Waals surface area contributed by atoms with Gasteiger partial charge in [-0.3, -0.25) is 14.5 Å². The lowest BCUT2D eigenvalue weighted by Gasteiger charge is -2.13. The van der Waals surface area contributed by atoms with Gasteiger partial charge in [0.25, 0.3) is 5.91 Å². The lowest BCUT2D eigenvalue weighted by atomic mass is 10.2. The first kappa shape index (κ1) is 11.3. The minimum atomic E-state index is -0.0907. The third kappa shape index (κ3) is 3.14. The zero-order valence-corrected chi connectivity index (χ0v) is 9.58. The molecule has 1 amide bonds. The Labute approximate surface area is 99.5 Å². The van der Waals surface area contributed by atoms with Gasteiger partial charge in [-0.1, -0.05) is 0 Å². The molecule has 0 aliphatic rings. The molecule has 0 spiro atoms. The first-order chi connectivity index (χ1) is 8.25. The van der Waals surface area contributed by atoms with Crippen LogP contribution in [0.5, 0.6) is 0 Å². The molecule has 0 bridgehead atoms. The van der Waals surface area contributed by atoms with E-state index in [0.29, 0.717) is 12.1 Å². The van der Waals surface area contributed by atoms with Crippen LogP contribution in [0.2, 0.25) is 0 Å². The van der Waals surface area contributed by atoms with E-state index in [1.165, 1.54) is 0 Å². The number of amides is 1. The average Bonchev–Trinajstić information content (AvgIpc) is 2.82. The van der Waals surface area contributed by atoms with Gasteiger partial charge in [-0.05, 0) is 25.1 Å². The predicted octanol–water partition coefficient (Wildman–Crippen LogP) is 1.10. The van der Waals surface area contributed by atoms with Crippen molar-refractivity contribution in [1.29, 1.82) is 0 Å². The van der Waals surface area contributed by atoms with Crippen molar-refractivity contribution in [2.24, 2.45) is 0 Å². The molecule has 2 heterocycles. The third-order valence-electron chi connectivity index (χ3n) is 2.34. The summed E-state index contributed by atoms with van der Waals surface area (Å²) in [6.07, 6.45) is 6.80. The van der Waals surface area contributed by atoms with Crippen LogP contribution in [0.15, 0.2) is 43.0 Å². The normalized spacial score (nSPS) is 12.1. The van der Waals surface area contributed by atoms with E-state index in [2.05, 4.69) is 15.4 Å². The maximum Gasteiger partial charge on any atom is 0.251 e. The summed E-state index contributed by atoms with van der Waals surface area (Å²) in [6, 6.07) is 5.26. The second-order valence-corrected chi connectivity index (χ2v) is 3.84. The van der Waals surface area contributed by atoms with Gasteiger partial charge in [0.1, 0.15) is 0 Å². The molecule has 0 fully saturated rings. The SMILES string of the molecule is C[C@@H](Cn1cccn1)NC(=O)c1ccncc1. The summed E-state index contributed by atoms with van der Waals surface area (Å²) < 4.78 is 1.79. The topological polar surface area (TPSA) is 59.8 Å². The van der Waals surface area contributed by atoms with E-state index < -0.39 is 0 Å². The van der Waals surface area contributed by atoms with E-state index in [4.69, 9.17) is 0 Å². The van der Waals surface area contributed by atoms with Gasteiger partial charge in [-0.25, -0.2) is 0 Å². The highest BCUT2D eigenvalue weighted by Crippen LogP contribution is 1.98. The van der Waals surface area contributed by atoms with Crippen LogP contribution in [0.1, 0.15) is 17.3 Å². The molecule has 0 aliphatic heterocycles. The van der Waals surface area contributed by atoms with Gasteiger partial charge in [0.15, 0.2) is 0 Å². The highest BCUT2D eigenvalue weighted by Gasteiger charge is 2.09. The van der Waals surface area contributed by atoms with Crippen LogP contribution >= 0.6 is 0 Å². The van der Waals surface area contributed by atoms with Crippen LogP contribution in [0.3, 0.4) is 0 Å². The quantitative estimate of drug-likeness (QED) is 0.855. The van der Waals surface area contributed by atoms with Crippen molar-refractivity contribution in [3.63, 3.8) is 0 Å². The number of nitrogens with zero attached hydrogens (tertiary/aromatic N) is 3. The molecule has 0 saturated carbocycles. The summed E-state index contributed by atoms with van der Waals surface area (Å²) in [5.41, 5.74) is 0.618. The second kappa shape index (κ2) is 5.25. The Morgan fingerprint density at radius 3 is 2.82 bits per heavy atom. The minimum absolute atomic E-state index is 0.0237. The molecule has 0 aromatic carbocycles. The monoisotopic (exact) mass is 230 g/mol. The van der Waals surface area contributed by atoms with Crippen molar-refractivity contribution < 1.29 is 4.79 Å². The van der Waals surface area contributed by atoms with Crippen LogP contribution in [-0.2, 0) is 6.54 Å². The fourth-order valence-electron chi connectivity index (χ4n) is 1.55. The van der Waals surface area contributed by atoms with Crippen LogP contribution in [-0.4, -0.2) is 26.7 Å². The summed E-state index contributed by atoms with van der Waals surface area (Å²) >= 11 is 0. The van der Waals surface area contributed by atoms with Gasteiger partial charge < -0.3 is 5.32 Å². The molecule has 0 unspecified atom stereocenters. The second-order valence-electron chi connectivity index (χ2n) is 3.84. The number of carbonyl (C=O) groups is 1. The smallest absolute Gasteiger partial charge is 0.251 e. The van der Waals surface area contributed by atoms with E-state index in [1.54, 1.807) is 35.4 Å². The fraction of sp³-hybridized carbons (Fsp3) is 0.250. The Bertz CT molecular complexity index is 467. The van der Waals surface area contributed by atoms with Crippen molar-refractivity contribution in [3.8, 4) is 0 Å². The van der Waals surface area contributed by atoms with Crippen molar-refractivity contribution in [2.75, 3.05) is 0 Å². The zero-order valence-electron chi connectivity index (χ0n) is 9.58. The zero-order chi connectivity index (χ0) is 12.1. The average molecular weight is 230 g/mol. The first-order valence-corrected chi connectivity index (χ1v) is 5.44. The molecule has 17 heavy (non-hydrogen) atoms. The van der Waals surface area contributed by atoms with Crippen LogP contribution in [0.25, 0.3) is 0 Å². The highest BCUT2D eigenvalue weighted by molar-refractivity contribution is 5.94. The molecule has 88 valence electrons. The highest BCUT2D eigenvalue weighted by atomic mass is 16.1.